The molecule has 4 nitrogen and oxygen atoms in total. The summed E-state index contributed by atoms with van der Waals surface area (Å²) in [6.07, 6.45) is 0.782. The van der Waals surface area contributed by atoms with Crippen molar-refractivity contribution in [1.82, 2.24) is 0 Å². The van der Waals surface area contributed by atoms with Gasteiger partial charge in [-0.2, -0.15) is 5.26 Å². The molecule has 5 heteroatoms. The molecule has 1 aromatic rings. The smallest absolute Gasteiger partial charge is 0.316 e. The largest absolute Gasteiger partial charge is 0.468 e. The number of nitriles is 1. The molecule has 0 heterocycles. The van der Waals surface area contributed by atoms with Crippen molar-refractivity contribution in [2.45, 2.75) is 24.7 Å². The van der Waals surface area contributed by atoms with E-state index in [1.54, 1.807) is 24.3 Å². The van der Waals surface area contributed by atoms with Crippen LogP contribution in [0.4, 0.5) is 0 Å². The Morgan fingerprint density at radius 1 is 1.45 bits per heavy atom. The van der Waals surface area contributed by atoms with Crippen LogP contribution in [0.3, 0.4) is 0 Å². The molecule has 0 unspecified atom stereocenters. The van der Waals surface area contributed by atoms with Crippen LogP contribution in [0.15, 0.2) is 24.3 Å². The number of halogens is 1. The molecular formula is C15H14ClNO3. The van der Waals surface area contributed by atoms with Crippen LogP contribution in [0.2, 0.25) is 5.02 Å². The number of benzene rings is 1. The van der Waals surface area contributed by atoms with Crippen molar-refractivity contribution in [3.63, 3.8) is 0 Å². The quantitative estimate of drug-likeness (QED) is 0.620. The normalized spacial score (nSPS) is 25.9. The highest BCUT2D eigenvalue weighted by atomic mass is 35.5. The van der Waals surface area contributed by atoms with E-state index in [1.807, 2.05) is 0 Å². The van der Waals surface area contributed by atoms with E-state index in [-0.39, 0.29) is 18.6 Å². The zero-order chi connectivity index (χ0) is 14.8. The standard InChI is InChI=1S/C15H14ClNO3/c1-20-14(19)12-8-15(9-17,7-6-13(12)18)10-2-4-11(16)5-3-10/h2-5,12H,6-8H2,1H3/t12-,15-/m0/s1. The molecule has 1 fully saturated rings. The van der Waals surface area contributed by atoms with Crippen LogP contribution >= 0.6 is 11.6 Å². The van der Waals surface area contributed by atoms with E-state index in [9.17, 15) is 14.9 Å². The van der Waals surface area contributed by atoms with Gasteiger partial charge >= 0.3 is 5.97 Å². The molecule has 0 amide bonds. The maximum atomic E-state index is 11.9. The molecule has 20 heavy (non-hydrogen) atoms. The summed E-state index contributed by atoms with van der Waals surface area (Å²) in [7, 11) is 1.25. The number of Topliss-reactive ketones (excluding diaryl/α,β-unsaturated/α-hetero) is 1. The third-order valence-electron chi connectivity index (χ3n) is 3.84. The first-order valence-electron chi connectivity index (χ1n) is 6.30. The maximum absolute atomic E-state index is 11.9. The Labute approximate surface area is 122 Å². The van der Waals surface area contributed by atoms with Gasteiger partial charge in [0.25, 0.3) is 0 Å². The average molecular weight is 292 g/mol. The summed E-state index contributed by atoms with van der Waals surface area (Å²) in [5, 5.41) is 10.2. The van der Waals surface area contributed by atoms with Crippen molar-refractivity contribution < 1.29 is 14.3 Å². The third-order valence-corrected chi connectivity index (χ3v) is 4.09. The van der Waals surface area contributed by atoms with Gasteiger partial charge in [-0.05, 0) is 30.5 Å². The van der Waals surface area contributed by atoms with Gasteiger partial charge in [-0.15, -0.1) is 0 Å². The second-order valence-electron chi connectivity index (χ2n) is 4.95. The number of nitrogens with zero attached hydrogens (tertiary/aromatic N) is 1. The Morgan fingerprint density at radius 2 is 2.10 bits per heavy atom. The van der Waals surface area contributed by atoms with Crippen molar-refractivity contribution in [1.29, 1.82) is 5.26 Å². The van der Waals surface area contributed by atoms with Crippen LogP contribution < -0.4 is 0 Å². The van der Waals surface area contributed by atoms with Gasteiger partial charge in [0, 0.05) is 11.4 Å². The minimum Gasteiger partial charge on any atom is -0.468 e. The highest BCUT2D eigenvalue weighted by Gasteiger charge is 2.45. The molecule has 0 saturated heterocycles. The third kappa shape index (κ3) is 2.54. The van der Waals surface area contributed by atoms with Gasteiger partial charge in [0.1, 0.15) is 11.7 Å². The Hall–Kier alpha value is -1.86. The molecule has 1 aliphatic carbocycles. The number of hydrogen-bond acceptors (Lipinski definition) is 4. The Bertz CT molecular complexity index is 568. The Morgan fingerprint density at radius 3 is 2.65 bits per heavy atom. The number of carbonyl (C=O) groups excluding carboxylic acids is 2. The highest BCUT2D eigenvalue weighted by molar-refractivity contribution is 6.30. The molecule has 104 valence electrons. The summed E-state index contributed by atoms with van der Waals surface area (Å²) in [4.78, 5) is 23.5. The fraction of sp³-hybridized carbons (Fsp3) is 0.400. The van der Waals surface area contributed by atoms with Crippen LogP contribution in [0, 0.1) is 17.2 Å². The van der Waals surface area contributed by atoms with E-state index in [1.165, 1.54) is 7.11 Å². The molecule has 0 aromatic heterocycles. The van der Waals surface area contributed by atoms with Gasteiger partial charge in [0.2, 0.25) is 0 Å². The van der Waals surface area contributed by atoms with Crippen molar-refractivity contribution in [2.24, 2.45) is 5.92 Å². The van der Waals surface area contributed by atoms with Gasteiger partial charge in [-0.25, -0.2) is 0 Å². The fourth-order valence-corrected chi connectivity index (χ4v) is 2.76. The van der Waals surface area contributed by atoms with Gasteiger partial charge < -0.3 is 4.74 Å². The van der Waals surface area contributed by atoms with E-state index in [0.29, 0.717) is 11.4 Å². The molecule has 0 spiro atoms. The summed E-state index contributed by atoms with van der Waals surface area (Å²) in [5.74, 6) is -1.58. The summed E-state index contributed by atoms with van der Waals surface area (Å²) >= 11 is 5.85. The second-order valence-corrected chi connectivity index (χ2v) is 5.38. The first kappa shape index (κ1) is 14.5. The molecule has 0 bridgehead atoms. The monoisotopic (exact) mass is 291 g/mol. The number of methoxy groups -OCH3 is 1. The average Bonchev–Trinajstić information content (AvgIpc) is 2.48. The maximum Gasteiger partial charge on any atom is 0.316 e. The zero-order valence-corrected chi connectivity index (χ0v) is 11.8. The molecule has 2 atom stereocenters. The van der Waals surface area contributed by atoms with E-state index in [0.717, 1.165) is 5.56 Å². The minimum atomic E-state index is -0.857. The zero-order valence-electron chi connectivity index (χ0n) is 11.1. The molecular weight excluding hydrogens is 278 g/mol. The van der Waals surface area contributed by atoms with Crippen LogP contribution in [-0.4, -0.2) is 18.9 Å². The van der Waals surface area contributed by atoms with E-state index in [4.69, 9.17) is 11.6 Å². The second kappa shape index (κ2) is 5.64. The number of hydrogen-bond donors (Lipinski definition) is 0. The predicted octanol–water partition coefficient (Wildman–Crippen LogP) is 2.64. The van der Waals surface area contributed by atoms with Crippen molar-refractivity contribution >= 4 is 23.4 Å². The predicted molar refractivity (Wildman–Crippen MR) is 73.1 cm³/mol. The van der Waals surface area contributed by atoms with Crippen LogP contribution in [0.1, 0.15) is 24.8 Å². The topological polar surface area (TPSA) is 67.2 Å². The Balaban J connectivity index is 2.36. The molecule has 0 aliphatic heterocycles. The van der Waals surface area contributed by atoms with Gasteiger partial charge in [0.05, 0.1) is 18.6 Å². The van der Waals surface area contributed by atoms with E-state index < -0.39 is 17.3 Å². The lowest BCUT2D eigenvalue weighted by molar-refractivity contribution is -0.151. The van der Waals surface area contributed by atoms with Crippen LogP contribution in [0.25, 0.3) is 0 Å². The van der Waals surface area contributed by atoms with Crippen molar-refractivity contribution in [2.75, 3.05) is 7.11 Å². The van der Waals surface area contributed by atoms with Gasteiger partial charge in [-0.1, -0.05) is 23.7 Å². The SMILES string of the molecule is COC(=O)[C@H]1C[C@@](C#N)(c2ccc(Cl)cc2)CCC1=O. The molecule has 1 aliphatic rings. The molecule has 1 aromatic carbocycles. The highest BCUT2D eigenvalue weighted by Crippen LogP contribution is 2.40. The first-order valence-corrected chi connectivity index (χ1v) is 6.68. The molecule has 2 rings (SSSR count). The fourth-order valence-electron chi connectivity index (χ4n) is 2.63. The number of ether oxygens (including phenoxy) is 1. The first-order chi connectivity index (χ1) is 9.52. The molecule has 1 saturated carbocycles. The van der Waals surface area contributed by atoms with E-state index >= 15 is 0 Å². The lowest BCUT2D eigenvalue weighted by atomic mass is 9.66. The van der Waals surface area contributed by atoms with Crippen LogP contribution in [0.5, 0.6) is 0 Å². The molecule has 0 radical (unpaired) electrons. The lowest BCUT2D eigenvalue weighted by Gasteiger charge is -2.34. The van der Waals surface area contributed by atoms with Crippen molar-refractivity contribution in [3.05, 3.63) is 34.9 Å². The van der Waals surface area contributed by atoms with Crippen LogP contribution in [-0.2, 0) is 19.7 Å². The summed E-state index contributed by atoms with van der Waals surface area (Å²) in [6, 6.07) is 9.24. The lowest BCUT2D eigenvalue weighted by Crippen LogP contribution is -2.40. The Kier molecular flexibility index (Phi) is 4.10. The molecule has 0 N–H and O–H groups in total. The summed E-state index contributed by atoms with van der Waals surface area (Å²) in [5.41, 5.74) is -0.0528. The summed E-state index contributed by atoms with van der Waals surface area (Å²) < 4.78 is 4.66. The minimum absolute atomic E-state index is 0.156. The van der Waals surface area contributed by atoms with E-state index in [2.05, 4.69) is 10.8 Å². The summed E-state index contributed by atoms with van der Waals surface area (Å²) in [6.45, 7) is 0. The number of esters is 1. The van der Waals surface area contributed by atoms with Crippen molar-refractivity contribution in [3.8, 4) is 6.07 Å². The number of carbonyl (C=O) groups is 2. The van der Waals surface area contributed by atoms with Gasteiger partial charge in [0.15, 0.2) is 0 Å². The number of ketones is 1. The van der Waals surface area contributed by atoms with Gasteiger partial charge in [-0.3, -0.25) is 9.59 Å². The number of rotatable bonds is 2.